The molecule has 1 saturated heterocycles. The van der Waals surface area contributed by atoms with Gasteiger partial charge in [0.15, 0.2) is 0 Å². The van der Waals surface area contributed by atoms with Gasteiger partial charge in [-0.3, -0.25) is 4.90 Å². The molecule has 3 nitrogen and oxygen atoms in total. The van der Waals surface area contributed by atoms with E-state index >= 15 is 0 Å². The SMILES string of the molecule is CCNC1CCC(CC)CC1N1C[C@@H](C)O[C@@H](C)C1. The van der Waals surface area contributed by atoms with Gasteiger partial charge in [0.1, 0.15) is 0 Å². The Morgan fingerprint density at radius 3 is 2.37 bits per heavy atom. The van der Waals surface area contributed by atoms with Gasteiger partial charge < -0.3 is 10.1 Å². The van der Waals surface area contributed by atoms with Crippen molar-refractivity contribution in [1.82, 2.24) is 10.2 Å². The van der Waals surface area contributed by atoms with Crippen LogP contribution in [0.2, 0.25) is 0 Å². The molecule has 0 radical (unpaired) electrons. The smallest absolute Gasteiger partial charge is 0.0678 e. The summed E-state index contributed by atoms with van der Waals surface area (Å²) in [4.78, 5) is 2.70. The molecule has 3 heteroatoms. The predicted molar refractivity (Wildman–Crippen MR) is 80.5 cm³/mol. The first-order chi connectivity index (χ1) is 9.13. The molecular weight excluding hydrogens is 236 g/mol. The van der Waals surface area contributed by atoms with Crippen molar-refractivity contribution in [2.45, 2.75) is 77.7 Å². The maximum absolute atomic E-state index is 5.89. The highest BCUT2D eigenvalue weighted by molar-refractivity contribution is 4.93. The molecule has 0 bridgehead atoms. The number of likely N-dealkylation sites (N-methyl/N-ethyl adjacent to an activating group) is 1. The van der Waals surface area contributed by atoms with Crippen LogP contribution in [0.3, 0.4) is 0 Å². The minimum absolute atomic E-state index is 0.382. The van der Waals surface area contributed by atoms with E-state index in [1.165, 1.54) is 25.7 Å². The number of hydrogen-bond acceptors (Lipinski definition) is 3. The Morgan fingerprint density at radius 1 is 1.11 bits per heavy atom. The van der Waals surface area contributed by atoms with Crippen molar-refractivity contribution in [3.05, 3.63) is 0 Å². The zero-order valence-electron chi connectivity index (χ0n) is 13.2. The van der Waals surface area contributed by atoms with Crippen LogP contribution in [0, 0.1) is 5.92 Å². The lowest BCUT2D eigenvalue weighted by atomic mass is 9.80. The quantitative estimate of drug-likeness (QED) is 0.848. The molecule has 3 unspecified atom stereocenters. The molecule has 1 saturated carbocycles. The van der Waals surface area contributed by atoms with Gasteiger partial charge in [-0.25, -0.2) is 0 Å². The van der Waals surface area contributed by atoms with E-state index in [-0.39, 0.29) is 0 Å². The summed E-state index contributed by atoms with van der Waals surface area (Å²) >= 11 is 0. The maximum atomic E-state index is 5.89. The molecule has 2 rings (SSSR count). The van der Waals surface area contributed by atoms with Crippen LogP contribution in [-0.2, 0) is 4.74 Å². The fourth-order valence-corrected chi connectivity index (χ4v) is 3.99. The van der Waals surface area contributed by atoms with Gasteiger partial charge in [-0.05, 0) is 45.6 Å². The predicted octanol–water partition coefficient (Wildman–Crippen LogP) is 2.65. The minimum atomic E-state index is 0.382. The van der Waals surface area contributed by atoms with Crippen molar-refractivity contribution in [3.63, 3.8) is 0 Å². The normalized spacial score (nSPS) is 41.4. The summed E-state index contributed by atoms with van der Waals surface area (Å²) in [5.41, 5.74) is 0. The van der Waals surface area contributed by atoms with Crippen molar-refractivity contribution < 1.29 is 4.74 Å². The third-order valence-electron chi connectivity index (χ3n) is 4.89. The molecule has 2 aliphatic rings. The summed E-state index contributed by atoms with van der Waals surface area (Å²) in [7, 11) is 0. The summed E-state index contributed by atoms with van der Waals surface area (Å²) in [6.45, 7) is 12.3. The van der Waals surface area contributed by atoms with Crippen LogP contribution >= 0.6 is 0 Å². The molecule has 0 spiro atoms. The minimum Gasteiger partial charge on any atom is -0.373 e. The highest BCUT2D eigenvalue weighted by Gasteiger charge is 2.36. The fourth-order valence-electron chi connectivity index (χ4n) is 3.99. The first-order valence-corrected chi connectivity index (χ1v) is 8.26. The number of nitrogens with one attached hydrogen (secondary N) is 1. The standard InChI is InChI=1S/C16H32N2O/c1-5-14-7-8-15(17-6-2)16(9-14)18-10-12(3)19-13(4)11-18/h12-17H,5-11H2,1-4H3/t12-,13+,14?,15?,16?. The molecule has 112 valence electrons. The van der Waals surface area contributed by atoms with Crippen molar-refractivity contribution in [2.75, 3.05) is 19.6 Å². The Balaban J connectivity index is 2.03. The van der Waals surface area contributed by atoms with E-state index in [0.717, 1.165) is 25.6 Å². The van der Waals surface area contributed by atoms with E-state index < -0.39 is 0 Å². The summed E-state index contributed by atoms with van der Waals surface area (Å²) < 4.78 is 5.89. The number of ether oxygens (including phenoxy) is 1. The van der Waals surface area contributed by atoms with Crippen LogP contribution in [0.4, 0.5) is 0 Å². The Kier molecular flexibility index (Phi) is 5.67. The van der Waals surface area contributed by atoms with Crippen LogP contribution < -0.4 is 5.32 Å². The topological polar surface area (TPSA) is 24.5 Å². The summed E-state index contributed by atoms with van der Waals surface area (Å²) in [5.74, 6) is 0.924. The van der Waals surface area contributed by atoms with Crippen LogP contribution in [0.15, 0.2) is 0 Å². The van der Waals surface area contributed by atoms with E-state index in [2.05, 4.69) is 37.9 Å². The fraction of sp³-hybridized carbons (Fsp3) is 1.00. The molecule has 19 heavy (non-hydrogen) atoms. The van der Waals surface area contributed by atoms with Gasteiger partial charge in [-0.1, -0.05) is 20.3 Å². The number of rotatable bonds is 4. The highest BCUT2D eigenvalue weighted by atomic mass is 16.5. The summed E-state index contributed by atoms with van der Waals surface area (Å²) in [6, 6.07) is 1.40. The largest absolute Gasteiger partial charge is 0.373 e. The van der Waals surface area contributed by atoms with E-state index in [1.807, 2.05) is 0 Å². The Hall–Kier alpha value is -0.120. The van der Waals surface area contributed by atoms with Crippen LogP contribution in [-0.4, -0.2) is 48.8 Å². The monoisotopic (exact) mass is 268 g/mol. The van der Waals surface area contributed by atoms with Gasteiger partial charge >= 0.3 is 0 Å². The number of hydrogen-bond donors (Lipinski definition) is 1. The highest BCUT2D eigenvalue weighted by Crippen LogP contribution is 2.31. The lowest BCUT2D eigenvalue weighted by molar-refractivity contribution is -0.0905. The molecule has 0 aromatic heterocycles. The molecule has 5 atom stereocenters. The van der Waals surface area contributed by atoms with Crippen molar-refractivity contribution >= 4 is 0 Å². The maximum Gasteiger partial charge on any atom is 0.0678 e. The zero-order valence-corrected chi connectivity index (χ0v) is 13.2. The van der Waals surface area contributed by atoms with Gasteiger partial charge in [-0.2, -0.15) is 0 Å². The molecule has 2 fully saturated rings. The lowest BCUT2D eigenvalue weighted by Gasteiger charge is -2.47. The van der Waals surface area contributed by atoms with Crippen LogP contribution in [0.1, 0.15) is 53.4 Å². The second-order valence-corrected chi connectivity index (χ2v) is 6.53. The third-order valence-corrected chi connectivity index (χ3v) is 4.89. The van der Waals surface area contributed by atoms with Gasteiger partial charge in [-0.15, -0.1) is 0 Å². The van der Waals surface area contributed by atoms with Crippen molar-refractivity contribution in [2.24, 2.45) is 5.92 Å². The second-order valence-electron chi connectivity index (χ2n) is 6.53. The van der Waals surface area contributed by atoms with Gasteiger partial charge in [0, 0.05) is 25.2 Å². The van der Waals surface area contributed by atoms with Crippen molar-refractivity contribution in [1.29, 1.82) is 0 Å². The average molecular weight is 268 g/mol. The molecule has 0 aromatic rings. The van der Waals surface area contributed by atoms with Gasteiger partial charge in [0.05, 0.1) is 12.2 Å². The first-order valence-electron chi connectivity index (χ1n) is 8.26. The molecule has 1 aliphatic carbocycles. The Morgan fingerprint density at radius 2 is 1.79 bits per heavy atom. The van der Waals surface area contributed by atoms with E-state index in [4.69, 9.17) is 4.74 Å². The van der Waals surface area contributed by atoms with E-state index in [9.17, 15) is 0 Å². The molecule has 1 N–H and O–H groups in total. The summed E-state index contributed by atoms with van der Waals surface area (Å²) in [6.07, 6.45) is 6.22. The van der Waals surface area contributed by atoms with Crippen LogP contribution in [0.25, 0.3) is 0 Å². The Labute approximate surface area is 119 Å². The number of morpholine rings is 1. The average Bonchev–Trinajstić information content (AvgIpc) is 2.38. The van der Waals surface area contributed by atoms with Crippen molar-refractivity contribution in [3.8, 4) is 0 Å². The third kappa shape index (κ3) is 3.93. The molecule has 0 aromatic carbocycles. The second kappa shape index (κ2) is 7.05. The van der Waals surface area contributed by atoms with E-state index in [1.54, 1.807) is 0 Å². The van der Waals surface area contributed by atoms with Gasteiger partial charge in [0.25, 0.3) is 0 Å². The molecule has 1 aliphatic heterocycles. The lowest BCUT2D eigenvalue weighted by Crippen LogP contribution is -2.58. The Bertz CT molecular complexity index is 261. The number of nitrogens with zero attached hydrogens (tertiary/aromatic N) is 1. The summed E-state index contributed by atoms with van der Waals surface area (Å²) in [5, 5.41) is 3.72. The van der Waals surface area contributed by atoms with E-state index in [0.29, 0.717) is 24.3 Å². The zero-order chi connectivity index (χ0) is 13.8. The molecule has 1 heterocycles. The van der Waals surface area contributed by atoms with Crippen LogP contribution in [0.5, 0.6) is 0 Å². The first kappa shape index (κ1) is 15.3. The molecular formula is C16H32N2O. The van der Waals surface area contributed by atoms with Gasteiger partial charge in [0.2, 0.25) is 0 Å². The molecule has 0 amide bonds.